The van der Waals surface area contributed by atoms with Crippen molar-refractivity contribution in [3.63, 3.8) is 0 Å². The maximum atomic E-state index is 12.8. The third kappa shape index (κ3) is 4.72. The fourth-order valence-electron chi connectivity index (χ4n) is 2.64. The number of methoxy groups -OCH3 is 2. The third-order valence-electron chi connectivity index (χ3n) is 3.90. The van der Waals surface area contributed by atoms with Gasteiger partial charge in [0.25, 0.3) is 5.91 Å². The second kappa shape index (κ2) is 8.03. The van der Waals surface area contributed by atoms with Crippen molar-refractivity contribution in [3.8, 4) is 11.5 Å². The first-order chi connectivity index (χ1) is 12.2. The van der Waals surface area contributed by atoms with Crippen LogP contribution in [0.3, 0.4) is 0 Å². The highest BCUT2D eigenvalue weighted by molar-refractivity contribution is 6.32. The summed E-state index contributed by atoms with van der Waals surface area (Å²) >= 11 is 6.18. The Hall–Kier alpha value is -2.15. The molecule has 1 heterocycles. The monoisotopic (exact) mass is 384 g/mol. The number of carbonyl (C=O) groups excluding carboxylic acids is 2. The zero-order valence-corrected chi connectivity index (χ0v) is 16.6. The summed E-state index contributed by atoms with van der Waals surface area (Å²) in [6.45, 7) is 7.15. The smallest absolute Gasteiger partial charge is 0.410 e. The van der Waals surface area contributed by atoms with Crippen molar-refractivity contribution >= 4 is 23.6 Å². The Bertz CT molecular complexity index is 679. The first-order valence-corrected chi connectivity index (χ1v) is 8.73. The topological polar surface area (TPSA) is 68.3 Å². The van der Waals surface area contributed by atoms with Crippen molar-refractivity contribution < 1.29 is 23.8 Å². The number of carbonyl (C=O) groups is 2. The number of benzene rings is 1. The number of rotatable bonds is 3. The van der Waals surface area contributed by atoms with E-state index in [2.05, 4.69) is 0 Å². The molecule has 1 aromatic rings. The van der Waals surface area contributed by atoms with E-state index in [0.29, 0.717) is 48.3 Å². The van der Waals surface area contributed by atoms with Crippen LogP contribution in [0.25, 0.3) is 0 Å². The van der Waals surface area contributed by atoms with Crippen molar-refractivity contribution in [2.75, 3.05) is 40.4 Å². The van der Waals surface area contributed by atoms with E-state index in [0.717, 1.165) is 0 Å². The molecule has 1 aromatic carbocycles. The zero-order chi connectivity index (χ0) is 19.5. The quantitative estimate of drug-likeness (QED) is 0.801. The fourth-order valence-corrected chi connectivity index (χ4v) is 2.93. The summed E-state index contributed by atoms with van der Waals surface area (Å²) in [5.74, 6) is 0.618. The van der Waals surface area contributed by atoms with E-state index >= 15 is 0 Å². The standard InChI is InChI=1S/C18H25ClN2O5/c1-18(2,3)26-17(23)21-8-6-20(7-9-21)16(22)12-10-13(19)15(25-5)14(11-12)24-4/h10-11H,6-9H2,1-5H3. The lowest BCUT2D eigenvalue weighted by atomic mass is 10.1. The van der Waals surface area contributed by atoms with Crippen molar-refractivity contribution in [3.05, 3.63) is 22.7 Å². The van der Waals surface area contributed by atoms with Gasteiger partial charge in [-0.25, -0.2) is 4.79 Å². The lowest BCUT2D eigenvalue weighted by Gasteiger charge is -2.35. The van der Waals surface area contributed by atoms with Crippen LogP contribution in [-0.2, 0) is 4.74 Å². The van der Waals surface area contributed by atoms with Gasteiger partial charge in [0.1, 0.15) is 5.60 Å². The molecule has 0 aliphatic carbocycles. The largest absolute Gasteiger partial charge is 0.493 e. The normalized spacial score (nSPS) is 14.8. The summed E-state index contributed by atoms with van der Waals surface area (Å²) in [7, 11) is 2.98. The van der Waals surface area contributed by atoms with Crippen molar-refractivity contribution in [2.24, 2.45) is 0 Å². The van der Waals surface area contributed by atoms with Gasteiger partial charge in [-0.3, -0.25) is 4.79 Å². The molecule has 0 atom stereocenters. The van der Waals surface area contributed by atoms with Gasteiger partial charge in [-0.1, -0.05) is 11.6 Å². The highest BCUT2D eigenvalue weighted by Gasteiger charge is 2.28. The molecule has 7 nitrogen and oxygen atoms in total. The lowest BCUT2D eigenvalue weighted by Crippen LogP contribution is -2.51. The Morgan fingerprint density at radius 1 is 1.00 bits per heavy atom. The highest BCUT2D eigenvalue weighted by atomic mass is 35.5. The minimum absolute atomic E-state index is 0.170. The molecule has 0 bridgehead atoms. The Kier molecular flexibility index (Phi) is 6.23. The van der Waals surface area contributed by atoms with Crippen molar-refractivity contribution in [2.45, 2.75) is 26.4 Å². The van der Waals surface area contributed by atoms with Crippen LogP contribution in [0, 0.1) is 0 Å². The van der Waals surface area contributed by atoms with E-state index in [1.54, 1.807) is 21.9 Å². The van der Waals surface area contributed by atoms with E-state index in [1.165, 1.54) is 14.2 Å². The molecule has 144 valence electrons. The molecule has 0 N–H and O–H groups in total. The Morgan fingerprint density at radius 2 is 1.58 bits per heavy atom. The minimum atomic E-state index is -0.541. The summed E-state index contributed by atoms with van der Waals surface area (Å²) < 4.78 is 15.8. The van der Waals surface area contributed by atoms with Gasteiger partial charge in [-0.2, -0.15) is 0 Å². The van der Waals surface area contributed by atoms with Gasteiger partial charge in [0.15, 0.2) is 11.5 Å². The number of amides is 2. The molecular formula is C18H25ClN2O5. The molecule has 0 spiro atoms. The molecule has 1 aliphatic heterocycles. The van der Waals surface area contributed by atoms with Gasteiger partial charge in [-0.15, -0.1) is 0 Å². The van der Waals surface area contributed by atoms with Crippen LogP contribution < -0.4 is 9.47 Å². The Balaban J connectivity index is 2.05. The number of hydrogen-bond acceptors (Lipinski definition) is 5. The number of halogens is 1. The summed E-state index contributed by atoms with van der Waals surface area (Å²) in [6.07, 6.45) is -0.362. The van der Waals surface area contributed by atoms with Crippen LogP contribution >= 0.6 is 11.6 Å². The molecule has 1 fully saturated rings. The van der Waals surface area contributed by atoms with Gasteiger partial charge in [0.2, 0.25) is 0 Å². The molecule has 1 aliphatic rings. The summed E-state index contributed by atoms with van der Waals surface area (Å²) in [4.78, 5) is 28.2. The first-order valence-electron chi connectivity index (χ1n) is 8.35. The second-order valence-electron chi connectivity index (χ2n) is 6.95. The average molecular weight is 385 g/mol. The maximum Gasteiger partial charge on any atom is 0.410 e. The van der Waals surface area contributed by atoms with E-state index < -0.39 is 5.60 Å². The predicted molar refractivity (Wildman–Crippen MR) is 98.3 cm³/mol. The van der Waals surface area contributed by atoms with Gasteiger partial charge in [0.05, 0.1) is 19.2 Å². The number of nitrogens with zero attached hydrogens (tertiary/aromatic N) is 2. The molecule has 1 saturated heterocycles. The van der Waals surface area contributed by atoms with Crippen LogP contribution in [0.1, 0.15) is 31.1 Å². The van der Waals surface area contributed by atoms with Crippen molar-refractivity contribution in [1.82, 2.24) is 9.80 Å². The first kappa shape index (κ1) is 20.2. The van der Waals surface area contributed by atoms with Gasteiger partial charge < -0.3 is 24.0 Å². The average Bonchev–Trinajstić information content (AvgIpc) is 2.59. The fraction of sp³-hybridized carbons (Fsp3) is 0.556. The predicted octanol–water partition coefficient (Wildman–Crippen LogP) is 3.05. The molecule has 0 radical (unpaired) electrons. The maximum absolute atomic E-state index is 12.8. The summed E-state index contributed by atoms with van der Waals surface area (Å²) in [5.41, 5.74) is -0.126. The van der Waals surface area contributed by atoms with Crippen LogP contribution in [0.4, 0.5) is 4.79 Å². The van der Waals surface area contributed by atoms with E-state index in [1.807, 2.05) is 20.8 Å². The number of ether oxygens (including phenoxy) is 3. The van der Waals surface area contributed by atoms with E-state index in [4.69, 9.17) is 25.8 Å². The SMILES string of the molecule is COc1cc(C(=O)N2CCN(C(=O)OC(C)(C)C)CC2)cc(Cl)c1OC. The molecule has 0 aromatic heterocycles. The van der Waals surface area contributed by atoms with Crippen LogP contribution in [0.2, 0.25) is 5.02 Å². The second-order valence-corrected chi connectivity index (χ2v) is 7.36. The molecule has 0 unspecified atom stereocenters. The summed E-state index contributed by atoms with van der Waals surface area (Å²) in [6, 6.07) is 3.17. The highest BCUT2D eigenvalue weighted by Crippen LogP contribution is 2.36. The Morgan fingerprint density at radius 3 is 2.08 bits per heavy atom. The molecule has 0 saturated carbocycles. The summed E-state index contributed by atoms with van der Waals surface area (Å²) in [5, 5.41) is 0.308. The zero-order valence-electron chi connectivity index (χ0n) is 15.8. The number of hydrogen-bond donors (Lipinski definition) is 0. The lowest BCUT2D eigenvalue weighted by molar-refractivity contribution is 0.0141. The molecule has 8 heteroatoms. The van der Waals surface area contributed by atoms with Crippen LogP contribution in [-0.4, -0.2) is 67.8 Å². The van der Waals surface area contributed by atoms with Crippen LogP contribution in [0.5, 0.6) is 11.5 Å². The molecule has 26 heavy (non-hydrogen) atoms. The van der Waals surface area contributed by atoms with E-state index in [-0.39, 0.29) is 12.0 Å². The number of piperazine rings is 1. The molecule has 2 rings (SSSR count). The van der Waals surface area contributed by atoms with Crippen LogP contribution in [0.15, 0.2) is 12.1 Å². The van der Waals surface area contributed by atoms with Gasteiger partial charge in [-0.05, 0) is 32.9 Å². The minimum Gasteiger partial charge on any atom is -0.493 e. The van der Waals surface area contributed by atoms with Gasteiger partial charge >= 0.3 is 6.09 Å². The molecular weight excluding hydrogens is 360 g/mol. The molecule has 2 amide bonds. The van der Waals surface area contributed by atoms with E-state index in [9.17, 15) is 9.59 Å². The Labute approximate surface area is 158 Å². The van der Waals surface area contributed by atoms with Crippen molar-refractivity contribution in [1.29, 1.82) is 0 Å². The third-order valence-corrected chi connectivity index (χ3v) is 4.18. The van der Waals surface area contributed by atoms with Gasteiger partial charge in [0, 0.05) is 31.7 Å².